The SMILES string of the molecule is CCC(C)(OC)c1nc(C=O)cs1. The zero-order valence-electron chi connectivity index (χ0n) is 8.03. The van der Waals surface area contributed by atoms with Crippen molar-refractivity contribution in [3.05, 3.63) is 16.1 Å². The Morgan fingerprint density at radius 1 is 1.77 bits per heavy atom. The molecule has 1 atom stereocenters. The summed E-state index contributed by atoms with van der Waals surface area (Å²) in [6.07, 6.45) is 1.60. The molecule has 0 radical (unpaired) electrons. The number of aromatic nitrogens is 1. The summed E-state index contributed by atoms with van der Waals surface area (Å²) >= 11 is 1.46. The van der Waals surface area contributed by atoms with E-state index in [1.54, 1.807) is 12.5 Å². The van der Waals surface area contributed by atoms with Gasteiger partial charge in [0.2, 0.25) is 0 Å². The van der Waals surface area contributed by atoms with Crippen LogP contribution in [-0.4, -0.2) is 18.4 Å². The Balaban J connectivity index is 2.98. The highest BCUT2D eigenvalue weighted by atomic mass is 32.1. The summed E-state index contributed by atoms with van der Waals surface area (Å²) in [6.45, 7) is 4.01. The van der Waals surface area contributed by atoms with E-state index in [-0.39, 0.29) is 5.60 Å². The highest BCUT2D eigenvalue weighted by molar-refractivity contribution is 7.10. The summed E-state index contributed by atoms with van der Waals surface area (Å²) in [6, 6.07) is 0. The first-order valence-electron chi connectivity index (χ1n) is 4.12. The van der Waals surface area contributed by atoms with Crippen LogP contribution in [0.25, 0.3) is 0 Å². The van der Waals surface area contributed by atoms with E-state index >= 15 is 0 Å². The molecule has 0 saturated heterocycles. The normalized spacial score (nSPS) is 15.3. The standard InChI is InChI=1S/C9H13NO2S/c1-4-9(2,12-3)8-10-7(5-11)6-13-8/h5-6H,4H2,1-3H3. The Morgan fingerprint density at radius 3 is 2.85 bits per heavy atom. The lowest BCUT2D eigenvalue weighted by molar-refractivity contribution is -0.00160. The molecule has 1 unspecified atom stereocenters. The molecule has 0 bridgehead atoms. The van der Waals surface area contributed by atoms with Crippen molar-refractivity contribution in [1.82, 2.24) is 4.98 Å². The number of nitrogens with zero attached hydrogens (tertiary/aromatic N) is 1. The molecule has 0 aliphatic rings. The molecule has 1 heterocycles. The molecule has 0 amide bonds. The molecule has 0 aromatic carbocycles. The molecule has 0 saturated carbocycles. The minimum Gasteiger partial charge on any atom is -0.371 e. The van der Waals surface area contributed by atoms with Crippen molar-refractivity contribution < 1.29 is 9.53 Å². The second-order valence-corrected chi connectivity index (χ2v) is 3.84. The molecule has 0 aliphatic heterocycles. The van der Waals surface area contributed by atoms with Crippen LogP contribution in [0.2, 0.25) is 0 Å². The molecule has 0 fully saturated rings. The fourth-order valence-corrected chi connectivity index (χ4v) is 1.94. The molecule has 72 valence electrons. The van der Waals surface area contributed by atoms with Crippen LogP contribution in [0.4, 0.5) is 0 Å². The van der Waals surface area contributed by atoms with Gasteiger partial charge in [-0.15, -0.1) is 11.3 Å². The second-order valence-electron chi connectivity index (χ2n) is 2.98. The first-order valence-corrected chi connectivity index (χ1v) is 5.00. The Morgan fingerprint density at radius 2 is 2.46 bits per heavy atom. The fourth-order valence-electron chi connectivity index (χ4n) is 0.966. The summed E-state index contributed by atoms with van der Waals surface area (Å²) in [5, 5.41) is 2.61. The molecule has 4 heteroatoms. The number of thiazole rings is 1. The van der Waals surface area contributed by atoms with Crippen LogP contribution in [0.15, 0.2) is 5.38 Å². The lowest BCUT2D eigenvalue weighted by Crippen LogP contribution is -2.22. The summed E-state index contributed by atoms with van der Waals surface area (Å²) in [4.78, 5) is 14.6. The van der Waals surface area contributed by atoms with Gasteiger partial charge in [-0.1, -0.05) is 6.92 Å². The summed E-state index contributed by atoms with van der Waals surface area (Å²) in [5.41, 5.74) is 0.128. The molecule has 3 nitrogen and oxygen atoms in total. The van der Waals surface area contributed by atoms with Crippen LogP contribution in [0, 0.1) is 0 Å². The lowest BCUT2D eigenvalue weighted by atomic mass is 10.1. The first kappa shape index (κ1) is 10.3. The molecule has 0 N–H and O–H groups in total. The molecule has 1 aromatic rings. The zero-order valence-corrected chi connectivity index (χ0v) is 8.85. The number of ether oxygens (including phenoxy) is 1. The Kier molecular flexibility index (Phi) is 3.17. The van der Waals surface area contributed by atoms with Crippen LogP contribution >= 0.6 is 11.3 Å². The van der Waals surface area contributed by atoms with Crippen molar-refractivity contribution >= 4 is 17.6 Å². The number of carbonyl (C=O) groups excluding carboxylic acids is 1. The number of hydrogen-bond donors (Lipinski definition) is 0. The van der Waals surface area contributed by atoms with E-state index in [1.165, 1.54) is 11.3 Å². The number of aldehydes is 1. The maximum Gasteiger partial charge on any atom is 0.169 e. The smallest absolute Gasteiger partial charge is 0.169 e. The Labute approximate surface area is 81.8 Å². The highest BCUT2D eigenvalue weighted by Gasteiger charge is 2.27. The van der Waals surface area contributed by atoms with E-state index in [0.717, 1.165) is 17.7 Å². The van der Waals surface area contributed by atoms with Gasteiger partial charge in [0.1, 0.15) is 16.3 Å². The number of methoxy groups -OCH3 is 1. The van der Waals surface area contributed by atoms with Gasteiger partial charge >= 0.3 is 0 Å². The van der Waals surface area contributed by atoms with Crippen LogP contribution in [0.5, 0.6) is 0 Å². The van der Waals surface area contributed by atoms with E-state index < -0.39 is 0 Å². The van der Waals surface area contributed by atoms with Crippen LogP contribution in [0.3, 0.4) is 0 Å². The molecular weight excluding hydrogens is 186 g/mol. The molecular formula is C9H13NO2S. The van der Waals surface area contributed by atoms with Gasteiger partial charge in [0.05, 0.1) is 0 Å². The first-order chi connectivity index (χ1) is 6.16. The van der Waals surface area contributed by atoms with Gasteiger partial charge < -0.3 is 4.74 Å². The molecule has 13 heavy (non-hydrogen) atoms. The van der Waals surface area contributed by atoms with Crippen molar-refractivity contribution in [2.75, 3.05) is 7.11 Å². The average molecular weight is 199 g/mol. The van der Waals surface area contributed by atoms with Gasteiger partial charge in [-0.25, -0.2) is 4.98 Å². The highest BCUT2D eigenvalue weighted by Crippen LogP contribution is 2.30. The molecule has 0 aliphatic carbocycles. The lowest BCUT2D eigenvalue weighted by Gasteiger charge is -2.23. The minimum absolute atomic E-state index is 0.355. The van der Waals surface area contributed by atoms with E-state index in [1.807, 2.05) is 13.8 Å². The Hall–Kier alpha value is -0.740. The van der Waals surface area contributed by atoms with Gasteiger partial charge in [-0.2, -0.15) is 0 Å². The topological polar surface area (TPSA) is 39.2 Å². The van der Waals surface area contributed by atoms with Crippen molar-refractivity contribution in [2.24, 2.45) is 0 Å². The number of rotatable bonds is 4. The van der Waals surface area contributed by atoms with Gasteiger partial charge in [-0.05, 0) is 13.3 Å². The number of hydrogen-bond acceptors (Lipinski definition) is 4. The van der Waals surface area contributed by atoms with Crippen LogP contribution in [-0.2, 0) is 10.3 Å². The summed E-state index contributed by atoms with van der Waals surface area (Å²) in [5.74, 6) is 0. The fraction of sp³-hybridized carbons (Fsp3) is 0.556. The largest absolute Gasteiger partial charge is 0.371 e. The van der Waals surface area contributed by atoms with Crippen molar-refractivity contribution in [2.45, 2.75) is 25.9 Å². The van der Waals surface area contributed by atoms with Gasteiger partial charge in [-0.3, -0.25) is 4.79 Å². The maximum atomic E-state index is 10.4. The van der Waals surface area contributed by atoms with Crippen LogP contribution < -0.4 is 0 Å². The van der Waals surface area contributed by atoms with E-state index in [2.05, 4.69) is 4.98 Å². The predicted molar refractivity (Wildman–Crippen MR) is 52.2 cm³/mol. The summed E-state index contributed by atoms with van der Waals surface area (Å²) in [7, 11) is 1.66. The number of carbonyl (C=O) groups is 1. The molecule has 1 rings (SSSR count). The zero-order chi connectivity index (χ0) is 9.90. The maximum absolute atomic E-state index is 10.4. The molecule has 0 spiro atoms. The van der Waals surface area contributed by atoms with Crippen molar-refractivity contribution in [3.8, 4) is 0 Å². The average Bonchev–Trinajstić information content (AvgIpc) is 2.65. The van der Waals surface area contributed by atoms with Gasteiger partial charge in [0.25, 0.3) is 0 Å². The van der Waals surface area contributed by atoms with E-state index in [4.69, 9.17) is 4.74 Å². The molecule has 1 aromatic heterocycles. The van der Waals surface area contributed by atoms with Crippen molar-refractivity contribution in [1.29, 1.82) is 0 Å². The third kappa shape index (κ3) is 1.95. The van der Waals surface area contributed by atoms with E-state index in [9.17, 15) is 4.79 Å². The third-order valence-electron chi connectivity index (χ3n) is 2.22. The Bertz CT molecular complexity index is 292. The quantitative estimate of drug-likeness (QED) is 0.698. The predicted octanol–water partition coefficient (Wildman–Crippen LogP) is 2.23. The monoisotopic (exact) mass is 199 g/mol. The van der Waals surface area contributed by atoms with Gasteiger partial charge in [0, 0.05) is 12.5 Å². The third-order valence-corrected chi connectivity index (χ3v) is 3.33. The minimum atomic E-state index is -0.355. The van der Waals surface area contributed by atoms with E-state index in [0.29, 0.717) is 5.69 Å². The second kappa shape index (κ2) is 3.98. The van der Waals surface area contributed by atoms with Gasteiger partial charge in [0.15, 0.2) is 6.29 Å². The summed E-state index contributed by atoms with van der Waals surface area (Å²) < 4.78 is 5.36. The van der Waals surface area contributed by atoms with Crippen LogP contribution in [0.1, 0.15) is 35.8 Å². The van der Waals surface area contributed by atoms with Crippen molar-refractivity contribution in [3.63, 3.8) is 0 Å².